The zero-order valence-corrected chi connectivity index (χ0v) is 15.3. The van der Waals surface area contributed by atoms with Gasteiger partial charge in [0.05, 0.1) is 0 Å². The van der Waals surface area contributed by atoms with Crippen molar-refractivity contribution in [1.82, 2.24) is 5.32 Å². The van der Waals surface area contributed by atoms with Crippen molar-refractivity contribution in [2.24, 2.45) is 0 Å². The molecule has 0 spiro atoms. The molecule has 0 saturated heterocycles. The molecule has 2 N–H and O–H groups in total. The van der Waals surface area contributed by atoms with Crippen molar-refractivity contribution in [2.45, 2.75) is 18.9 Å². The molecule has 2 aromatic rings. The topological polar surface area (TPSA) is 66.4 Å². The van der Waals surface area contributed by atoms with E-state index in [2.05, 4.69) is 37.2 Å². The zero-order valence-electron chi connectivity index (χ0n) is 12.1. The van der Waals surface area contributed by atoms with Gasteiger partial charge in [0.1, 0.15) is 6.04 Å². The Morgan fingerprint density at radius 3 is 2.22 bits per heavy atom. The summed E-state index contributed by atoms with van der Waals surface area (Å²) in [5, 5.41) is 11.9. The summed E-state index contributed by atoms with van der Waals surface area (Å²) in [6.07, 6.45) is 0.917. The van der Waals surface area contributed by atoms with E-state index in [0.717, 1.165) is 14.5 Å². The normalized spacial score (nSPS) is 11.7. The van der Waals surface area contributed by atoms with Gasteiger partial charge in [0, 0.05) is 14.5 Å². The van der Waals surface area contributed by atoms with Crippen LogP contribution >= 0.6 is 31.9 Å². The van der Waals surface area contributed by atoms with Gasteiger partial charge in [-0.05, 0) is 36.6 Å². The fraction of sp³-hybridized carbons (Fsp3) is 0.176. The molecule has 2 rings (SSSR count). The number of carboxylic acids is 1. The van der Waals surface area contributed by atoms with Crippen LogP contribution in [0.3, 0.4) is 0 Å². The van der Waals surface area contributed by atoms with Crippen LogP contribution in [0.2, 0.25) is 0 Å². The second kappa shape index (κ2) is 8.26. The van der Waals surface area contributed by atoms with Crippen molar-refractivity contribution in [3.05, 3.63) is 68.6 Å². The number of halogens is 2. The molecule has 0 fully saturated rings. The average Bonchev–Trinajstić information content (AvgIpc) is 2.51. The minimum Gasteiger partial charge on any atom is -0.480 e. The van der Waals surface area contributed by atoms with E-state index in [9.17, 15) is 14.7 Å². The molecule has 0 unspecified atom stereocenters. The Balaban J connectivity index is 2.04. The van der Waals surface area contributed by atoms with E-state index in [-0.39, 0.29) is 0 Å². The van der Waals surface area contributed by atoms with Crippen molar-refractivity contribution in [3.63, 3.8) is 0 Å². The van der Waals surface area contributed by atoms with Gasteiger partial charge in [0.15, 0.2) is 0 Å². The van der Waals surface area contributed by atoms with Gasteiger partial charge in [0.2, 0.25) is 0 Å². The summed E-state index contributed by atoms with van der Waals surface area (Å²) in [5.41, 5.74) is 1.44. The maximum Gasteiger partial charge on any atom is 0.326 e. The second-order valence-corrected chi connectivity index (χ2v) is 6.88. The van der Waals surface area contributed by atoms with Crippen molar-refractivity contribution in [2.75, 3.05) is 0 Å². The lowest BCUT2D eigenvalue weighted by Gasteiger charge is -2.15. The lowest BCUT2D eigenvalue weighted by Crippen LogP contribution is -2.41. The Morgan fingerprint density at radius 2 is 1.65 bits per heavy atom. The van der Waals surface area contributed by atoms with Crippen molar-refractivity contribution >= 4 is 43.7 Å². The maximum atomic E-state index is 12.3. The Bertz CT molecular complexity index is 684. The van der Waals surface area contributed by atoms with Crippen LogP contribution in [0.1, 0.15) is 22.3 Å². The first-order valence-corrected chi connectivity index (χ1v) is 8.58. The van der Waals surface area contributed by atoms with Gasteiger partial charge in [-0.1, -0.05) is 62.2 Å². The van der Waals surface area contributed by atoms with Gasteiger partial charge in [0.25, 0.3) is 5.91 Å². The predicted octanol–water partition coefficient (Wildman–Crippen LogP) is 4.03. The molecule has 1 atom stereocenters. The molecule has 0 heterocycles. The van der Waals surface area contributed by atoms with E-state index < -0.39 is 17.9 Å². The third-order valence-electron chi connectivity index (χ3n) is 3.29. The Hall–Kier alpha value is -1.66. The third kappa shape index (κ3) is 5.48. The molecular formula is C17H15Br2NO3. The maximum absolute atomic E-state index is 12.3. The van der Waals surface area contributed by atoms with Crippen LogP contribution in [0.25, 0.3) is 0 Å². The molecule has 6 heteroatoms. The molecule has 120 valence electrons. The number of rotatable bonds is 6. The first kappa shape index (κ1) is 17.7. The summed E-state index contributed by atoms with van der Waals surface area (Å²) in [6.45, 7) is 0. The van der Waals surface area contributed by atoms with E-state index in [1.54, 1.807) is 18.2 Å². The van der Waals surface area contributed by atoms with Gasteiger partial charge < -0.3 is 10.4 Å². The zero-order chi connectivity index (χ0) is 16.8. The Labute approximate surface area is 151 Å². The van der Waals surface area contributed by atoms with Gasteiger partial charge >= 0.3 is 5.97 Å². The summed E-state index contributed by atoms with van der Waals surface area (Å²) in [7, 11) is 0. The largest absolute Gasteiger partial charge is 0.480 e. The van der Waals surface area contributed by atoms with E-state index in [4.69, 9.17) is 0 Å². The van der Waals surface area contributed by atoms with Crippen molar-refractivity contribution in [1.29, 1.82) is 0 Å². The highest BCUT2D eigenvalue weighted by Gasteiger charge is 2.20. The second-order valence-electron chi connectivity index (χ2n) is 5.05. The number of carbonyl (C=O) groups excluding carboxylic acids is 1. The van der Waals surface area contributed by atoms with Crippen molar-refractivity contribution < 1.29 is 14.7 Å². The van der Waals surface area contributed by atoms with E-state index in [1.165, 1.54) is 0 Å². The first-order valence-electron chi connectivity index (χ1n) is 6.99. The molecule has 0 bridgehead atoms. The van der Waals surface area contributed by atoms with Crippen LogP contribution in [-0.4, -0.2) is 23.0 Å². The number of carbonyl (C=O) groups is 2. The molecule has 2 aromatic carbocycles. The van der Waals surface area contributed by atoms with E-state index >= 15 is 0 Å². The summed E-state index contributed by atoms with van der Waals surface area (Å²) < 4.78 is 1.49. The third-order valence-corrected chi connectivity index (χ3v) is 4.21. The van der Waals surface area contributed by atoms with Crippen molar-refractivity contribution in [3.8, 4) is 0 Å². The number of aryl methyl sites for hydroxylation is 1. The lowest BCUT2D eigenvalue weighted by atomic mass is 10.0. The molecule has 4 nitrogen and oxygen atoms in total. The molecule has 0 aliphatic rings. The molecule has 23 heavy (non-hydrogen) atoms. The fourth-order valence-electron chi connectivity index (χ4n) is 2.14. The minimum atomic E-state index is -1.04. The number of benzene rings is 2. The Kier molecular flexibility index (Phi) is 6.36. The minimum absolute atomic E-state index is 0.334. The number of hydrogen-bond acceptors (Lipinski definition) is 2. The summed E-state index contributed by atoms with van der Waals surface area (Å²) >= 11 is 6.62. The average molecular weight is 441 g/mol. The SMILES string of the molecule is O=C(N[C@H](CCc1ccccc1)C(=O)O)c1cc(Br)cc(Br)c1. The molecule has 0 aromatic heterocycles. The highest BCUT2D eigenvalue weighted by Crippen LogP contribution is 2.20. The fourth-order valence-corrected chi connectivity index (χ4v) is 3.43. The number of aliphatic carboxylic acids is 1. The van der Waals surface area contributed by atoms with Gasteiger partial charge in [-0.15, -0.1) is 0 Å². The van der Waals surface area contributed by atoms with Crippen LogP contribution in [0.5, 0.6) is 0 Å². The number of amides is 1. The number of carboxylic acid groups (broad SMARTS) is 1. The predicted molar refractivity (Wildman–Crippen MR) is 95.5 cm³/mol. The van der Waals surface area contributed by atoms with Gasteiger partial charge in [-0.2, -0.15) is 0 Å². The van der Waals surface area contributed by atoms with E-state index in [1.807, 2.05) is 30.3 Å². The molecule has 1 amide bonds. The van der Waals surface area contributed by atoms with Crippen LogP contribution in [0, 0.1) is 0 Å². The highest BCUT2D eigenvalue weighted by atomic mass is 79.9. The first-order chi connectivity index (χ1) is 11.0. The smallest absolute Gasteiger partial charge is 0.326 e. The monoisotopic (exact) mass is 439 g/mol. The van der Waals surface area contributed by atoms with Crippen LogP contribution in [0.4, 0.5) is 0 Å². The van der Waals surface area contributed by atoms with Gasteiger partial charge in [-0.25, -0.2) is 4.79 Å². The summed E-state index contributed by atoms with van der Waals surface area (Å²) in [6, 6.07) is 13.8. The molecule has 0 aliphatic heterocycles. The molecule has 0 radical (unpaired) electrons. The van der Waals surface area contributed by atoms with E-state index in [0.29, 0.717) is 18.4 Å². The summed E-state index contributed by atoms with van der Waals surface area (Å²) in [5.74, 6) is -1.45. The number of nitrogens with one attached hydrogen (secondary N) is 1. The van der Waals surface area contributed by atoms with Crippen LogP contribution in [0.15, 0.2) is 57.5 Å². The van der Waals surface area contributed by atoms with Crippen LogP contribution in [-0.2, 0) is 11.2 Å². The quantitative estimate of drug-likeness (QED) is 0.712. The highest BCUT2D eigenvalue weighted by molar-refractivity contribution is 9.11. The molecule has 0 aliphatic carbocycles. The molecular weight excluding hydrogens is 426 g/mol. The lowest BCUT2D eigenvalue weighted by molar-refractivity contribution is -0.139. The number of hydrogen-bond donors (Lipinski definition) is 2. The summed E-state index contributed by atoms with van der Waals surface area (Å²) in [4.78, 5) is 23.6. The van der Waals surface area contributed by atoms with Crippen LogP contribution < -0.4 is 5.32 Å². The standard InChI is InChI=1S/C17H15Br2NO3/c18-13-8-12(9-14(19)10-13)16(21)20-15(17(22)23)7-6-11-4-2-1-3-5-11/h1-5,8-10,15H,6-7H2,(H,20,21)(H,22,23)/t15-/m1/s1. The molecule has 0 saturated carbocycles. The van der Waals surface area contributed by atoms with Gasteiger partial charge in [-0.3, -0.25) is 4.79 Å². The Morgan fingerprint density at radius 1 is 1.04 bits per heavy atom.